The summed E-state index contributed by atoms with van der Waals surface area (Å²) in [7, 11) is 0. The minimum absolute atomic E-state index is 0.340. The number of nitrogens with two attached hydrogens (primary N) is 1. The van der Waals surface area contributed by atoms with E-state index in [0.29, 0.717) is 18.5 Å². The molecule has 1 unspecified atom stereocenters. The van der Waals surface area contributed by atoms with Crippen molar-refractivity contribution in [2.45, 2.75) is 13.0 Å². The number of anilines is 1. The van der Waals surface area contributed by atoms with Crippen molar-refractivity contribution in [2.75, 3.05) is 38.2 Å². The Kier molecular flexibility index (Phi) is 6.46. The largest absolute Gasteiger partial charge is 0.457 e. The van der Waals surface area contributed by atoms with E-state index in [9.17, 15) is 0 Å². The monoisotopic (exact) mass is 354 g/mol. The predicted octanol–water partition coefficient (Wildman–Crippen LogP) is 2.93. The third kappa shape index (κ3) is 5.47. The quantitative estimate of drug-likeness (QED) is 0.616. The summed E-state index contributed by atoms with van der Waals surface area (Å²) in [5.41, 5.74) is 6.89. The molecule has 3 N–H and O–H groups in total. The number of benzene rings is 2. The van der Waals surface area contributed by atoms with Gasteiger partial charge in [-0.2, -0.15) is 0 Å². The number of aliphatic imine (C=N–C) groups is 1. The van der Waals surface area contributed by atoms with Gasteiger partial charge < -0.3 is 20.5 Å². The average Bonchev–Trinajstić information content (AvgIpc) is 2.68. The molecule has 1 aliphatic heterocycles. The molecule has 0 aromatic heterocycles. The standard InChI is InChI=1S/C20H26N4O2/c1-16(24-10-12-25-13-11-24)15-22-20(21)23-17-6-5-9-19(14-17)26-18-7-3-2-4-8-18/h2-9,14,16H,10-13,15H2,1H3,(H3,21,22,23). The zero-order valence-corrected chi connectivity index (χ0v) is 15.1. The molecule has 0 amide bonds. The smallest absolute Gasteiger partial charge is 0.193 e. The maximum atomic E-state index is 6.04. The highest BCUT2D eigenvalue weighted by Crippen LogP contribution is 2.23. The van der Waals surface area contributed by atoms with Gasteiger partial charge in [-0.05, 0) is 31.2 Å². The molecule has 2 aromatic carbocycles. The number of nitrogens with zero attached hydrogens (tertiary/aromatic N) is 2. The first-order valence-corrected chi connectivity index (χ1v) is 8.92. The Morgan fingerprint density at radius 2 is 1.88 bits per heavy atom. The number of hydrogen-bond acceptors (Lipinski definition) is 4. The van der Waals surface area contributed by atoms with Gasteiger partial charge in [0.05, 0.1) is 19.8 Å². The van der Waals surface area contributed by atoms with Gasteiger partial charge in [0.25, 0.3) is 0 Å². The third-order valence-corrected chi connectivity index (χ3v) is 4.28. The summed E-state index contributed by atoms with van der Waals surface area (Å²) < 4.78 is 11.2. The second kappa shape index (κ2) is 9.22. The van der Waals surface area contributed by atoms with E-state index in [2.05, 4.69) is 22.1 Å². The first-order chi connectivity index (χ1) is 12.7. The van der Waals surface area contributed by atoms with Crippen molar-refractivity contribution in [2.24, 2.45) is 10.7 Å². The van der Waals surface area contributed by atoms with E-state index in [1.54, 1.807) is 0 Å². The van der Waals surface area contributed by atoms with Gasteiger partial charge >= 0.3 is 0 Å². The Labute approximate surface area is 154 Å². The van der Waals surface area contributed by atoms with Gasteiger partial charge in [0.1, 0.15) is 11.5 Å². The van der Waals surface area contributed by atoms with Crippen molar-refractivity contribution in [1.29, 1.82) is 0 Å². The molecule has 138 valence electrons. The maximum Gasteiger partial charge on any atom is 0.193 e. The van der Waals surface area contributed by atoms with Crippen LogP contribution in [0.3, 0.4) is 0 Å². The Morgan fingerprint density at radius 3 is 2.65 bits per heavy atom. The van der Waals surface area contributed by atoms with Crippen LogP contribution in [-0.2, 0) is 4.74 Å². The highest BCUT2D eigenvalue weighted by Gasteiger charge is 2.16. The van der Waals surface area contributed by atoms with Crippen LogP contribution in [0.5, 0.6) is 11.5 Å². The molecule has 2 aromatic rings. The number of guanidine groups is 1. The van der Waals surface area contributed by atoms with Gasteiger partial charge in [-0.1, -0.05) is 24.3 Å². The summed E-state index contributed by atoms with van der Waals surface area (Å²) in [5, 5.41) is 3.13. The first kappa shape index (κ1) is 18.2. The Morgan fingerprint density at radius 1 is 1.15 bits per heavy atom. The van der Waals surface area contributed by atoms with Crippen molar-refractivity contribution < 1.29 is 9.47 Å². The summed E-state index contributed by atoms with van der Waals surface area (Å²) in [6.45, 7) is 6.28. The van der Waals surface area contributed by atoms with Crippen LogP contribution in [0.15, 0.2) is 59.6 Å². The molecule has 0 saturated carbocycles. The number of rotatable bonds is 6. The molecular formula is C20H26N4O2. The lowest BCUT2D eigenvalue weighted by molar-refractivity contribution is 0.0221. The van der Waals surface area contributed by atoms with E-state index in [4.69, 9.17) is 15.2 Å². The van der Waals surface area contributed by atoms with Crippen LogP contribution >= 0.6 is 0 Å². The maximum absolute atomic E-state index is 6.04. The van der Waals surface area contributed by atoms with Crippen LogP contribution in [0.25, 0.3) is 0 Å². The summed E-state index contributed by atoms with van der Waals surface area (Å²) in [4.78, 5) is 6.84. The van der Waals surface area contributed by atoms with Gasteiger partial charge in [0, 0.05) is 30.9 Å². The Bertz CT molecular complexity index is 715. The Hall–Kier alpha value is -2.57. The second-order valence-electron chi connectivity index (χ2n) is 6.29. The fourth-order valence-electron chi connectivity index (χ4n) is 2.81. The van der Waals surface area contributed by atoms with Gasteiger partial charge in [0.2, 0.25) is 0 Å². The predicted molar refractivity (Wildman–Crippen MR) is 105 cm³/mol. The molecule has 0 bridgehead atoms. The fraction of sp³-hybridized carbons (Fsp3) is 0.350. The minimum Gasteiger partial charge on any atom is -0.457 e. The number of ether oxygens (including phenoxy) is 2. The molecule has 0 spiro atoms. The second-order valence-corrected chi connectivity index (χ2v) is 6.29. The van der Waals surface area contributed by atoms with Crippen LogP contribution in [0.4, 0.5) is 5.69 Å². The summed E-state index contributed by atoms with van der Waals surface area (Å²) >= 11 is 0. The van der Waals surface area contributed by atoms with Crippen LogP contribution in [-0.4, -0.2) is 49.7 Å². The lowest BCUT2D eigenvalue weighted by Crippen LogP contribution is -2.43. The van der Waals surface area contributed by atoms with Crippen molar-refractivity contribution in [3.05, 3.63) is 54.6 Å². The SMILES string of the molecule is CC(CN=C(N)Nc1cccc(Oc2ccccc2)c1)N1CCOCC1. The number of para-hydroxylation sites is 1. The molecule has 3 rings (SSSR count). The topological polar surface area (TPSA) is 72.1 Å². The average molecular weight is 354 g/mol. The molecule has 0 aliphatic carbocycles. The van der Waals surface area contributed by atoms with Crippen LogP contribution < -0.4 is 15.8 Å². The van der Waals surface area contributed by atoms with E-state index in [-0.39, 0.29) is 0 Å². The highest BCUT2D eigenvalue weighted by atomic mass is 16.5. The molecule has 1 fully saturated rings. The van der Waals surface area contributed by atoms with Crippen LogP contribution in [0.1, 0.15) is 6.92 Å². The lowest BCUT2D eigenvalue weighted by Gasteiger charge is -2.31. The van der Waals surface area contributed by atoms with E-state index < -0.39 is 0 Å². The zero-order chi connectivity index (χ0) is 18.2. The fourth-order valence-corrected chi connectivity index (χ4v) is 2.81. The van der Waals surface area contributed by atoms with Crippen molar-refractivity contribution in [3.8, 4) is 11.5 Å². The molecule has 0 radical (unpaired) electrons. The normalized spacial score (nSPS) is 16.9. The highest BCUT2D eigenvalue weighted by molar-refractivity contribution is 5.92. The number of nitrogens with one attached hydrogen (secondary N) is 1. The molecule has 1 atom stereocenters. The molecule has 26 heavy (non-hydrogen) atoms. The van der Waals surface area contributed by atoms with Gasteiger partial charge in [-0.25, -0.2) is 0 Å². The molecule has 1 aliphatic rings. The van der Waals surface area contributed by atoms with Gasteiger partial charge in [-0.3, -0.25) is 9.89 Å². The molecule has 6 nitrogen and oxygen atoms in total. The molecular weight excluding hydrogens is 328 g/mol. The van der Waals surface area contributed by atoms with Crippen LogP contribution in [0.2, 0.25) is 0 Å². The number of morpholine rings is 1. The van der Waals surface area contributed by atoms with E-state index in [0.717, 1.165) is 43.5 Å². The molecule has 1 heterocycles. The molecule has 6 heteroatoms. The minimum atomic E-state index is 0.340. The first-order valence-electron chi connectivity index (χ1n) is 8.92. The van der Waals surface area contributed by atoms with Gasteiger partial charge in [-0.15, -0.1) is 0 Å². The Balaban J connectivity index is 1.55. The van der Waals surface area contributed by atoms with Crippen molar-refractivity contribution >= 4 is 11.6 Å². The van der Waals surface area contributed by atoms with Crippen LogP contribution in [0, 0.1) is 0 Å². The van der Waals surface area contributed by atoms with Crippen molar-refractivity contribution in [1.82, 2.24) is 4.90 Å². The lowest BCUT2D eigenvalue weighted by atomic mass is 10.2. The summed E-state index contributed by atoms with van der Waals surface area (Å²) in [6, 6.07) is 17.7. The molecule has 1 saturated heterocycles. The summed E-state index contributed by atoms with van der Waals surface area (Å²) in [6.07, 6.45) is 0. The van der Waals surface area contributed by atoms with E-state index in [1.807, 2.05) is 54.6 Å². The number of hydrogen-bond donors (Lipinski definition) is 2. The third-order valence-electron chi connectivity index (χ3n) is 4.28. The van der Waals surface area contributed by atoms with E-state index >= 15 is 0 Å². The summed E-state index contributed by atoms with van der Waals surface area (Å²) in [5.74, 6) is 1.95. The van der Waals surface area contributed by atoms with Crippen molar-refractivity contribution in [3.63, 3.8) is 0 Å². The zero-order valence-electron chi connectivity index (χ0n) is 15.1. The van der Waals surface area contributed by atoms with Gasteiger partial charge in [0.15, 0.2) is 5.96 Å². The van der Waals surface area contributed by atoms with E-state index in [1.165, 1.54) is 0 Å².